The molecule has 0 N–H and O–H groups in total. The van der Waals surface area contributed by atoms with Crippen molar-refractivity contribution in [2.24, 2.45) is 0 Å². The maximum atomic E-state index is 14.5. The molecule has 0 fully saturated rings. The van der Waals surface area contributed by atoms with Crippen LogP contribution in [0.4, 0.5) is 8.78 Å². The molecular weight excluding hydrogens is 705 g/mol. The standard InChI is InChI=1S/C35H22F2N4.Os/c36-24-18-16-22(17-19-24)33-27-10-4-12-29(39-27)34(23-7-3-8-25(37)21-23)30-13-6-15-32(41-30)35(26-9-1-2-20-38-26)31-14-5-11-28(33)40-31;/h1-6,8-16,18-21,33-35H;/q-2;+2. The second kappa shape index (κ2) is 11.8. The minimum atomic E-state index is -0.487. The van der Waals surface area contributed by atoms with E-state index < -0.39 is 11.8 Å². The smallest absolute Gasteiger partial charge is 0.284 e. The Morgan fingerprint density at radius 2 is 1.05 bits per heavy atom. The van der Waals surface area contributed by atoms with Crippen LogP contribution in [0.1, 0.15) is 68.7 Å². The van der Waals surface area contributed by atoms with E-state index in [0.29, 0.717) is 22.6 Å². The Kier molecular flexibility index (Phi) is 7.78. The minimum Gasteiger partial charge on any atom is -0.284 e. The first-order valence-corrected chi connectivity index (χ1v) is 13.3. The van der Waals surface area contributed by atoms with E-state index in [-0.39, 0.29) is 37.3 Å². The first-order chi connectivity index (χ1) is 20.1. The van der Waals surface area contributed by atoms with Gasteiger partial charge < -0.3 is 0 Å². The molecule has 0 aliphatic carbocycles. The number of benzene rings is 2. The van der Waals surface area contributed by atoms with Crippen molar-refractivity contribution in [1.29, 1.82) is 0 Å². The van der Waals surface area contributed by atoms with Crippen molar-refractivity contribution >= 4 is 0 Å². The van der Waals surface area contributed by atoms with Gasteiger partial charge in [-0.2, -0.15) is 24.3 Å². The number of nitrogens with zero attached hydrogens (tertiary/aromatic N) is 4. The summed E-state index contributed by atoms with van der Waals surface area (Å²) in [7, 11) is 0. The number of rotatable bonds is 3. The van der Waals surface area contributed by atoms with Gasteiger partial charge in [-0.25, -0.2) is 4.39 Å². The molecule has 4 nitrogen and oxygen atoms in total. The predicted molar refractivity (Wildman–Crippen MR) is 150 cm³/mol. The summed E-state index contributed by atoms with van der Waals surface area (Å²) in [4.78, 5) is 20.1. The molecule has 0 radical (unpaired) electrons. The number of fused-ring (bicyclic) bond motifs is 6. The van der Waals surface area contributed by atoms with Crippen LogP contribution in [-0.4, -0.2) is 19.9 Å². The van der Waals surface area contributed by atoms with Gasteiger partial charge in [-0.05, 0) is 48.5 Å². The van der Waals surface area contributed by atoms with Crippen LogP contribution < -0.4 is 0 Å². The number of hydrogen-bond acceptors (Lipinski definition) is 4. The molecule has 7 heteroatoms. The fraction of sp³-hybridized carbons (Fsp3) is 0.0857. The summed E-state index contributed by atoms with van der Waals surface area (Å²) in [6.45, 7) is 0. The van der Waals surface area contributed by atoms with Crippen LogP contribution in [0.15, 0.2) is 115 Å². The van der Waals surface area contributed by atoms with Gasteiger partial charge in [-0.3, -0.25) is 24.3 Å². The Morgan fingerprint density at radius 3 is 1.55 bits per heavy atom. The third kappa shape index (κ3) is 5.29. The first kappa shape index (κ1) is 27.7. The molecule has 2 aromatic carbocycles. The van der Waals surface area contributed by atoms with E-state index in [9.17, 15) is 8.78 Å². The molecule has 42 heavy (non-hydrogen) atoms. The molecule has 0 amide bonds. The van der Waals surface area contributed by atoms with E-state index in [2.05, 4.69) is 17.1 Å². The predicted octanol–water partition coefficient (Wildman–Crippen LogP) is 7.00. The quantitative estimate of drug-likeness (QED) is 0.184. The summed E-state index contributed by atoms with van der Waals surface area (Å²) >= 11 is 0. The molecule has 7 rings (SSSR count). The van der Waals surface area contributed by atoms with Crippen LogP contribution in [0.2, 0.25) is 0 Å². The first-order valence-electron chi connectivity index (χ1n) is 13.3. The third-order valence-corrected chi connectivity index (χ3v) is 7.34. The van der Waals surface area contributed by atoms with Gasteiger partial charge in [0.2, 0.25) is 0 Å². The number of aromatic nitrogens is 4. The van der Waals surface area contributed by atoms with Gasteiger partial charge in [-0.15, -0.1) is 35.4 Å². The zero-order valence-electron chi connectivity index (χ0n) is 22.1. The number of halogens is 2. The molecule has 0 saturated heterocycles. The van der Waals surface area contributed by atoms with Gasteiger partial charge in [0.05, 0.1) is 45.8 Å². The van der Waals surface area contributed by atoms with E-state index in [1.54, 1.807) is 18.3 Å². The van der Waals surface area contributed by atoms with Gasteiger partial charge in [0, 0.05) is 29.7 Å². The molecule has 1 aliphatic heterocycles. The topological polar surface area (TPSA) is 51.6 Å². The molecule has 3 atom stereocenters. The summed E-state index contributed by atoms with van der Waals surface area (Å²) in [6.07, 6.45) is 1.76. The van der Waals surface area contributed by atoms with Crippen molar-refractivity contribution in [3.05, 3.63) is 190 Å². The number of pyridine rings is 4. The van der Waals surface area contributed by atoms with Crippen LogP contribution in [0, 0.1) is 23.8 Å². The monoisotopic (exact) mass is 728 g/mol. The van der Waals surface area contributed by atoms with Crippen molar-refractivity contribution in [2.75, 3.05) is 0 Å². The van der Waals surface area contributed by atoms with E-state index in [0.717, 1.165) is 28.3 Å². The maximum Gasteiger partial charge on any atom is 2.00 e. The zero-order valence-corrected chi connectivity index (χ0v) is 24.6. The van der Waals surface area contributed by atoms with Crippen molar-refractivity contribution in [3.63, 3.8) is 0 Å². The Bertz CT molecular complexity index is 1850. The van der Waals surface area contributed by atoms with E-state index in [4.69, 9.17) is 15.0 Å². The van der Waals surface area contributed by atoms with E-state index in [1.807, 2.05) is 72.8 Å². The largest absolute Gasteiger partial charge is 2.00 e. The number of hydrogen-bond donors (Lipinski definition) is 0. The normalized spacial score (nSPS) is 17.3. The fourth-order valence-electron chi connectivity index (χ4n) is 5.53. The van der Waals surface area contributed by atoms with Crippen LogP contribution in [0.3, 0.4) is 0 Å². The summed E-state index contributed by atoms with van der Waals surface area (Å²) in [6, 6.07) is 38.5. The Balaban J connectivity index is 0.00000316. The molecule has 6 aromatic rings. The SMILES string of the molecule is Fc1c[c-]c(C2c3cccc(n3)C(c3[c-]ccc(F)c3)c3cccc(n3)C(c3ccccn3)c3cccc2n3)cc1.[Os+2]. The van der Waals surface area contributed by atoms with Crippen LogP contribution in [0.5, 0.6) is 0 Å². The van der Waals surface area contributed by atoms with Crippen molar-refractivity contribution in [3.8, 4) is 0 Å². The summed E-state index contributed by atoms with van der Waals surface area (Å²) in [5.41, 5.74) is 6.52. The Labute approximate surface area is 255 Å². The van der Waals surface area contributed by atoms with Gasteiger partial charge in [0.1, 0.15) is 0 Å². The van der Waals surface area contributed by atoms with Crippen LogP contribution in [-0.2, 0) is 19.8 Å². The summed E-state index contributed by atoms with van der Waals surface area (Å²) in [5.74, 6) is -2.01. The molecular formula is C35H22F2N4Os. The second-order valence-corrected chi connectivity index (χ2v) is 9.94. The van der Waals surface area contributed by atoms with Gasteiger partial charge in [0.15, 0.2) is 0 Å². The van der Waals surface area contributed by atoms with Crippen LogP contribution >= 0.6 is 0 Å². The van der Waals surface area contributed by atoms with Crippen LogP contribution in [0.25, 0.3) is 0 Å². The van der Waals surface area contributed by atoms with Gasteiger partial charge in [0.25, 0.3) is 0 Å². The Morgan fingerprint density at radius 1 is 0.500 bits per heavy atom. The molecule has 1 aliphatic rings. The van der Waals surface area contributed by atoms with Crippen molar-refractivity contribution < 1.29 is 28.6 Å². The molecule has 5 heterocycles. The maximum absolute atomic E-state index is 14.5. The Hall–Kier alpha value is -4.46. The molecule has 204 valence electrons. The van der Waals surface area contributed by atoms with Gasteiger partial charge >= 0.3 is 19.8 Å². The molecule has 3 unspecified atom stereocenters. The molecule has 0 saturated carbocycles. The molecule has 6 bridgehead atoms. The summed E-state index contributed by atoms with van der Waals surface area (Å²) < 4.78 is 28.5. The van der Waals surface area contributed by atoms with Gasteiger partial charge in [-0.1, -0.05) is 24.3 Å². The van der Waals surface area contributed by atoms with Crippen molar-refractivity contribution in [2.45, 2.75) is 17.8 Å². The third-order valence-electron chi connectivity index (χ3n) is 7.34. The van der Waals surface area contributed by atoms with E-state index >= 15 is 0 Å². The fourth-order valence-corrected chi connectivity index (χ4v) is 5.53. The second-order valence-electron chi connectivity index (χ2n) is 9.94. The minimum absolute atomic E-state index is 0. The molecule has 0 spiro atoms. The zero-order chi connectivity index (χ0) is 27.8. The summed E-state index contributed by atoms with van der Waals surface area (Å²) in [5, 5.41) is 0. The van der Waals surface area contributed by atoms with Crippen molar-refractivity contribution in [1.82, 2.24) is 19.9 Å². The average molecular weight is 727 g/mol. The van der Waals surface area contributed by atoms with E-state index in [1.165, 1.54) is 24.3 Å². The molecule has 4 aromatic heterocycles. The average Bonchev–Trinajstić information content (AvgIpc) is 3.00.